The molecule has 2 aromatic rings. The normalized spacial score (nSPS) is 25.3. The Morgan fingerprint density at radius 3 is 2.04 bits per heavy atom. The third-order valence-electron chi connectivity index (χ3n) is 5.00. The second-order valence-electron chi connectivity index (χ2n) is 6.81. The molecule has 0 aromatic heterocycles. The second-order valence-corrected chi connectivity index (χ2v) is 6.81. The van der Waals surface area contributed by atoms with Crippen LogP contribution in [-0.4, -0.2) is 15.9 Å². The molecule has 0 amide bonds. The quantitative estimate of drug-likeness (QED) is 0.487. The molecule has 1 saturated heterocycles. The van der Waals surface area contributed by atoms with Crippen LogP contribution in [0, 0.1) is 16.7 Å². The van der Waals surface area contributed by atoms with E-state index in [0.29, 0.717) is 6.42 Å². The summed E-state index contributed by atoms with van der Waals surface area (Å²) >= 11 is 0. The van der Waals surface area contributed by atoms with Gasteiger partial charge in [0.25, 0.3) is 0 Å². The maximum atomic E-state index is 11.9. The molecule has 3 atom stereocenters. The van der Waals surface area contributed by atoms with Gasteiger partial charge in [-0.15, -0.1) is 4.91 Å². The number of oxime groups is 1. The highest BCUT2D eigenvalue weighted by Gasteiger charge is 2.44. The molecule has 3 unspecified atom stereocenters. The van der Waals surface area contributed by atoms with Crippen LogP contribution in [0.25, 0.3) is 0 Å². The smallest absolute Gasteiger partial charge is 0.0843 e. The lowest BCUT2D eigenvalue weighted by Gasteiger charge is -2.45. The van der Waals surface area contributed by atoms with Gasteiger partial charge in [-0.3, -0.25) is 0 Å². The topological polar surface area (TPSA) is 65.3 Å². The fraction of sp³-hybridized carbons (Fsp3) is 0.350. The lowest BCUT2D eigenvalue weighted by molar-refractivity contribution is 0.0747. The first-order valence-electron chi connectivity index (χ1n) is 8.59. The first-order valence-corrected chi connectivity index (χ1v) is 8.59. The van der Waals surface area contributed by atoms with E-state index in [9.17, 15) is 10.1 Å². The van der Waals surface area contributed by atoms with Gasteiger partial charge in [0.2, 0.25) is 0 Å². The summed E-state index contributed by atoms with van der Waals surface area (Å²) in [7, 11) is 0. The minimum absolute atomic E-state index is 0.0786. The Hall–Kier alpha value is -2.69. The van der Waals surface area contributed by atoms with Gasteiger partial charge in [0.15, 0.2) is 0 Å². The fourth-order valence-electron chi connectivity index (χ4n) is 3.89. The number of piperidine rings is 1. The van der Waals surface area contributed by atoms with Crippen molar-refractivity contribution in [2.45, 2.75) is 32.4 Å². The number of benzene rings is 2. The Labute approximate surface area is 147 Å². The summed E-state index contributed by atoms with van der Waals surface area (Å²) in [4.78, 5) is 11.9. The van der Waals surface area contributed by atoms with Crippen LogP contribution in [0.3, 0.4) is 0 Å². The maximum absolute atomic E-state index is 11.9. The van der Waals surface area contributed by atoms with Gasteiger partial charge in [0.1, 0.15) is 0 Å². The average Bonchev–Trinajstić information content (AvgIpc) is 2.67. The molecule has 0 saturated carbocycles. The van der Waals surface area contributed by atoms with Crippen LogP contribution in [0.5, 0.6) is 0 Å². The molecular formula is C20H23N3O2. The van der Waals surface area contributed by atoms with Crippen LogP contribution in [0.15, 0.2) is 71.1 Å². The van der Waals surface area contributed by atoms with Crippen molar-refractivity contribution in [1.29, 1.82) is 0 Å². The molecule has 3 rings (SSSR count). The summed E-state index contributed by atoms with van der Waals surface area (Å²) in [6, 6.07) is 19.2. The fourth-order valence-corrected chi connectivity index (χ4v) is 3.89. The molecule has 130 valence electrons. The molecule has 1 heterocycles. The molecule has 2 aromatic carbocycles. The Kier molecular flexibility index (Phi) is 5.12. The van der Waals surface area contributed by atoms with Crippen LogP contribution in [-0.2, 0) is 0 Å². The molecule has 1 aliphatic rings. The molecule has 1 N–H and O–H groups in total. The number of nitroso groups, excluding NO2 is 1. The number of hydrogen-bond donors (Lipinski definition) is 1. The highest BCUT2D eigenvalue weighted by Crippen LogP contribution is 2.46. The summed E-state index contributed by atoms with van der Waals surface area (Å²) in [5.41, 5.74) is 2.71. The van der Waals surface area contributed by atoms with Crippen LogP contribution in [0.2, 0.25) is 0 Å². The van der Waals surface area contributed by atoms with E-state index in [1.165, 1.54) is 0 Å². The minimum Gasteiger partial charge on any atom is -0.411 e. The molecular weight excluding hydrogens is 314 g/mol. The highest BCUT2D eigenvalue weighted by atomic mass is 16.4. The number of hydrogen-bond acceptors (Lipinski definition) is 4. The Morgan fingerprint density at radius 2 is 1.56 bits per heavy atom. The van der Waals surface area contributed by atoms with Gasteiger partial charge >= 0.3 is 0 Å². The lowest BCUT2D eigenvalue weighted by atomic mass is 9.74. The van der Waals surface area contributed by atoms with E-state index in [-0.39, 0.29) is 23.9 Å². The van der Waals surface area contributed by atoms with Crippen LogP contribution < -0.4 is 0 Å². The summed E-state index contributed by atoms with van der Waals surface area (Å²) in [5.74, 6) is 0.127. The molecule has 0 radical (unpaired) electrons. The van der Waals surface area contributed by atoms with Gasteiger partial charge in [-0.25, -0.2) is 5.01 Å². The summed E-state index contributed by atoms with van der Waals surface area (Å²) in [5, 5.41) is 18.3. The average molecular weight is 337 g/mol. The molecule has 5 heteroatoms. The second kappa shape index (κ2) is 7.47. The van der Waals surface area contributed by atoms with Crippen molar-refractivity contribution in [2.75, 3.05) is 0 Å². The van der Waals surface area contributed by atoms with Gasteiger partial charge in [-0.05, 0) is 17.0 Å². The molecule has 0 bridgehead atoms. The molecule has 1 aliphatic heterocycles. The Bertz CT molecular complexity index is 731. The largest absolute Gasteiger partial charge is 0.411 e. The summed E-state index contributed by atoms with van der Waals surface area (Å²) in [6.07, 6.45) is 0.485. The van der Waals surface area contributed by atoms with E-state index < -0.39 is 0 Å². The predicted molar refractivity (Wildman–Crippen MR) is 98.2 cm³/mol. The third kappa shape index (κ3) is 3.27. The van der Waals surface area contributed by atoms with E-state index in [2.05, 4.69) is 24.3 Å². The first kappa shape index (κ1) is 17.1. The highest BCUT2D eigenvalue weighted by molar-refractivity contribution is 5.89. The van der Waals surface area contributed by atoms with E-state index in [0.717, 1.165) is 16.8 Å². The maximum Gasteiger partial charge on any atom is 0.0843 e. The van der Waals surface area contributed by atoms with Crippen LogP contribution in [0.4, 0.5) is 0 Å². The Morgan fingerprint density at radius 1 is 1.00 bits per heavy atom. The van der Waals surface area contributed by atoms with E-state index >= 15 is 0 Å². The molecule has 0 spiro atoms. The zero-order valence-electron chi connectivity index (χ0n) is 14.5. The lowest BCUT2D eigenvalue weighted by Crippen LogP contribution is -2.45. The Balaban J connectivity index is 2.12. The summed E-state index contributed by atoms with van der Waals surface area (Å²) in [6.45, 7) is 4.16. The zero-order chi connectivity index (χ0) is 17.8. The molecule has 0 aliphatic carbocycles. The number of rotatable bonds is 4. The molecule has 25 heavy (non-hydrogen) atoms. The zero-order valence-corrected chi connectivity index (χ0v) is 14.5. The van der Waals surface area contributed by atoms with Crippen molar-refractivity contribution in [3.05, 3.63) is 76.7 Å². The van der Waals surface area contributed by atoms with Gasteiger partial charge in [-0.1, -0.05) is 79.7 Å². The third-order valence-corrected chi connectivity index (χ3v) is 5.00. The predicted octanol–water partition coefficient (Wildman–Crippen LogP) is 4.96. The molecule has 1 fully saturated rings. The number of nitrogens with zero attached hydrogens (tertiary/aromatic N) is 3. The van der Waals surface area contributed by atoms with Crippen molar-refractivity contribution in [2.24, 2.45) is 22.3 Å². The van der Waals surface area contributed by atoms with Gasteiger partial charge in [-0.2, -0.15) is 0 Å². The van der Waals surface area contributed by atoms with Gasteiger partial charge < -0.3 is 5.21 Å². The van der Waals surface area contributed by atoms with Crippen molar-refractivity contribution in [1.82, 2.24) is 5.01 Å². The minimum atomic E-state index is -0.261. The summed E-state index contributed by atoms with van der Waals surface area (Å²) < 4.78 is 0. The first-order chi connectivity index (χ1) is 12.2. The van der Waals surface area contributed by atoms with Gasteiger partial charge in [0.05, 0.1) is 23.1 Å². The van der Waals surface area contributed by atoms with Crippen LogP contribution >= 0.6 is 0 Å². The SMILES string of the molecule is CC(C)C1/C(=N\O)CC(c2ccccc2)N(N=O)C1c1ccccc1. The van der Waals surface area contributed by atoms with E-state index in [1.807, 2.05) is 60.7 Å². The van der Waals surface area contributed by atoms with Gasteiger partial charge in [0, 0.05) is 12.3 Å². The van der Waals surface area contributed by atoms with Crippen LogP contribution in [0.1, 0.15) is 43.5 Å². The van der Waals surface area contributed by atoms with Crippen molar-refractivity contribution in [3.8, 4) is 0 Å². The van der Waals surface area contributed by atoms with Crippen molar-refractivity contribution < 1.29 is 5.21 Å². The van der Waals surface area contributed by atoms with E-state index in [4.69, 9.17) is 0 Å². The van der Waals surface area contributed by atoms with E-state index in [1.54, 1.807) is 5.01 Å². The van der Waals surface area contributed by atoms with Crippen molar-refractivity contribution in [3.63, 3.8) is 0 Å². The standard InChI is InChI=1S/C20H23N3O2/c1-14(2)19-17(21-24)13-18(15-9-5-3-6-10-15)23(22-25)20(19)16-11-7-4-8-12-16/h3-12,14,18-20,24H,13H2,1-2H3/b21-17-. The molecule has 5 nitrogen and oxygen atoms in total. The monoisotopic (exact) mass is 337 g/mol. The van der Waals surface area contributed by atoms with Crippen molar-refractivity contribution >= 4 is 5.71 Å².